The van der Waals surface area contributed by atoms with Crippen molar-refractivity contribution >= 4 is 11.9 Å². The first-order valence-corrected chi connectivity index (χ1v) is 3.72. The third-order valence-corrected chi connectivity index (χ3v) is 1.23. The van der Waals surface area contributed by atoms with Gasteiger partial charge in [0.05, 0.1) is 7.11 Å². The molecule has 0 bridgehead atoms. The number of alkyl halides is 3. The molecule has 0 aliphatic heterocycles. The Hall–Kier alpha value is -1.31. The Balaban J connectivity index is 0. The molecule has 0 fully saturated rings. The lowest BCUT2D eigenvalue weighted by molar-refractivity contribution is -0.192. The number of carbonyl (C=O) groups is 2. The summed E-state index contributed by atoms with van der Waals surface area (Å²) in [5.41, 5.74) is 0. The highest BCUT2D eigenvalue weighted by Crippen LogP contribution is 2.13. The van der Waals surface area contributed by atoms with Crippen LogP contribution in [-0.2, 0) is 14.3 Å². The Kier molecular flexibility index (Phi) is 7.58. The van der Waals surface area contributed by atoms with E-state index in [9.17, 15) is 18.0 Å². The van der Waals surface area contributed by atoms with Crippen LogP contribution in [0.3, 0.4) is 0 Å². The van der Waals surface area contributed by atoms with Crippen LogP contribution in [0.25, 0.3) is 0 Å². The van der Waals surface area contributed by atoms with Crippen LogP contribution in [0.2, 0.25) is 0 Å². The van der Waals surface area contributed by atoms with Gasteiger partial charge in [0.2, 0.25) is 0 Å². The van der Waals surface area contributed by atoms with E-state index in [4.69, 9.17) is 9.90 Å². The topological polar surface area (TPSA) is 75.6 Å². The predicted molar refractivity (Wildman–Crippen MR) is 44.2 cm³/mol. The molecule has 0 spiro atoms. The van der Waals surface area contributed by atoms with Crippen LogP contribution in [0, 0.1) is 0 Å². The summed E-state index contributed by atoms with van der Waals surface area (Å²) in [5, 5.41) is 9.87. The van der Waals surface area contributed by atoms with E-state index in [2.05, 4.69) is 10.1 Å². The van der Waals surface area contributed by atoms with Crippen LogP contribution in [-0.4, -0.2) is 43.4 Å². The van der Waals surface area contributed by atoms with Crippen molar-refractivity contribution in [2.75, 3.05) is 14.2 Å². The second-order valence-electron chi connectivity index (χ2n) is 2.34. The molecule has 0 aromatic carbocycles. The molecule has 0 aromatic heterocycles. The number of aliphatic carboxylic acids is 1. The number of methoxy groups -OCH3 is 1. The summed E-state index contributed by atoms with van der Waals surface area (Å²) in [6.45, 7) is 1.74. The molecule has 0 aromatic rings. The van der Waals surface area contributed by atoms with Gasteiger partial charge in [-0.2, -0.15) is 13.2 Å². The molecule has 90 valence electrons. The van der Waals surface area contributed by atoms with Crippen molar-refractivity contribution in [2.24, 2.45) is 0 Å². The quantitative estimate of drug-likeness (QED) is 0.673. The van der Waals surface area contributed by atoms with Crippen molar-refractivity contribution in [1.82, 2.24) is 5.32 Å². The fourth-order valence-electron chi connectivity index (χ4n) is 0.295. The van der Waals surface area contributed by atoms with Crippen LogP contribution >= 0.6 is 0 Å². The monoisotopic (exact) mass is 231 g/mol. The maximum absolute atomic E-state index is 10.6. The zero-order chi connectivity index (χ0) is 12.6. The molecule has 0 aliphatic carbocycles. The lowest BCUT2D eigenvalue weighted by Gasteiger charge is -2.04. The molecule has 0 saturated heterocycles. The van der Waals surface area contributed by atoms with E-state index in [1.807, 2.05) is 0 Å². The van der Waals surface area contributed by atoms with E-state index in [-0.39, 0.29) is 12.0 Å². The Morgan fingerprint density at radius 1 is 1.40 bits per heavy atom. The third kappa shape index (κ3) is 9.01. The van der Waals surface area contributed by atoms with Gasteiger partial charge in [-0.05, 0) is 14.0 Å². The average molecular weight is 231 g/mol. The second-order valence-corrected chi connectivity index (χ2v) is 2.34. The highest BCUT2D eigenvalue weighted by atomic mass is 19.4. The fourth-order valence-corrected chi connectivity index (χ4v) is 0.295. The van der Waals surface area contributed by atoms with Crippen molar-refractivity contribution in [3.63, 3.8) is 0 Å². The molecule has 0 unspecified atom stereocenters. The van der Waals surface area contributed by atoms with Gasteiger partial charge < -0.3 is 15.2 Å². The minimum Gasteiger partial charge on any atom is -0.475 e. The number of rotatable bonds is 2. The predicted octanol–water partition coefficient (Wildman–Crippen LogP) is 0.401. The van der Waals surface area contributed by atoms with Crippen LogP contribution in [0.15, 0.2) is 0 Å². The van der Waals surface area contributed by atoms with Crippen LogP contribution in [0.5, 0.6) is 0 Å². The van der Waals surface area contributed by atoms with E-state index in [0.29, 0.717) is 0 Å². The van der Waals surface area contributed by atoms with Crippen molar-refractivity contribution in [2.45, 2.75) is 19.1 Å². The maximum atomic E-state index is 10.6. The minimum absolute atomic E-state index is 0.194. The molecule has 5 nitrogen and oxygen atoms in total. The van der Waals surface area contributed by atoms with Gasteiger partial charge in [-0.1, -0.05) is 0 Å². The molecule has 1 atom stereocenters. The van der Waals surface area contributed by atoms with Crippen LogP contribution in [0.4, 0.5) is 13.2 Å². The van der Waals surface area contributed by atoms with Crippen molar-refractivity contribution in [3.8, 4) is 0 Å². The number of esters is 1. The zero-order valence-electron chi connectivity index (χ0n) is 8.38. The summed E-state index contributed by atoms with van der Waals surface area (Å²) in [6.07, 6.45) is -5.08. The second kappa shape index (κ2) is 7.04. The molecular formula is C7H12F3NO4. The van der Waals surface area contributed by atoms with Crippen molar-refractivity contribution in [3.05, 3.63) is 0 Å². The number of hydrogen-bond donors (Lipinski definition) is 2. The van der Waals surface area contributed by atoms with Gasteiger partial charge >= 0.3 is 18.1 Å². The fraction of sp³-hybridized carbons (Fsp3) is 0.714. The first-order valence-electron chi connectivity index (χ1n) is 3.72. The Morgan fingerprint density at radius 2 is 1.73 bits per heavy atom. The SMILES string of the molecule is CN[C@@H](C)C(=O)OC.O=C(O)C(F)(F)F. The lowest BCUT2D eigenvalue weighted by Crippen LogP contribution is -2.31. The Labute approximate surface area is 84.2 Å². The highest BCUT2D eigenvalue weighted by Gasteiger charge is 2.38. The summed E-state index contributed by atoms with van der Waals surface area (Å²) < 4.78 is 36.1. The smallest absolute Gasteiger partial charge is 0.475 e. The average Bonchev–Trinajstić information content (AvgIpc) is 2.14. The zero-order valence-corrected chi connectivity index (χ0v) is 8.38. The third-order valence-electron chi connectivity index (χ3n) is 1.23. The molecule has 0 rings (SSSR count). The molecular weight excluding hydrogens is 219 g/mol. The summed E-state index contributed by atoms with van der Waals surface area (Å²) in [7, 11) is 3.08. The number of halogens is 3. The maximum Gasteiger partial charge on any atom is 0.490 e. The van der Waals surface area contributed by atoms with Gasteiger partial charge in [0.25, 0.3) is 0 Å². The molecule has 0 heterocycles. The van der Waals surface area contributed by atoms with Gasteiger partial charge in [0, 0.05) is 0 Å². The Bertz CT molecular complexity index is 217. The van der Waals surface area contributed by atoms with Crippen molar-refractivity contribution in [1.29, 1.82) is 0 Å². The first kappa shape index (κ1) is 16.1. The van der Waals surface area contributed by atoms with Gasteiger partial charge in [0.15, 0.2) is 0 Å². The van der Waals surface area contributed by atoms with E-state index in [1.165, 1.54) is 7.11 Å². The molecule has 0 saturated carbocycles. The molecule has 0 radical (unpaired) electrons. The van der Waals surface area contributed by atoms with Gasteiger partial charge in [-0.3, -0.25) is 4.79 Å². The molecule has 8 heteroatoms. The van der Waals surface area contributed by atoms with Gasteiger partial charge in [-0.15, -0.1) is 0 Å². The van der Waals surface area contributed by atoms with E-state index in [0.717, 1.165) is 0 Å². The molecule has 15 heavy (non-hydrogen) atoms. The van der Waals surface area contributed by atoms with Gasteiger partial charge in [-0.25, -0.2) is 4.79 Å². The van der Waals surface area contributed by atoms with Crippen LogP contribution < -0.4 is 5.32 Å². The number of carboxylic acids is 1. The summed E-state index contributed by atoms with van der Waals surface area (Å²) in [4.78, 5) is 19.4. The van der Waals surface area contributed by atoms with Crippen molar-refractivity contribution < 1.29 is 32.6 Å². The largest absolute Gasteiger partial charge is 0.490 e. The lowest BCUT2D eigenvalue weighted by atomic mass is 10.4. The molecule has 0 aliphatic rings. The number of likely N-dealkylation sites (N-methyl/N-ethyl adjacent to an activating group) is 1. The number of carboxylic acid groups (broad SMARTS) is 1. The number of hydrogen-bond acceptors (Lipinski definition) is 4. The molecule has 2 N–H and O–H groups in total. The standard InChI is InChI=1S/C5H11NO2.C2HF3O2/c1-4(6-2)5(7)8-3;3-2(4,5)1(6)7/h4,6H,1-3H3;(H,6,7)/t4-;/m0./s1. The Morgan fingerprint density at radius 3 is 1.80 bits per heavy atom. The highest BCUT2D eigenvalue weighted by molar-refractivity contribution is 5.74. The number of nitrogens with one attached hydrogen (secondary N) is 1. The minimum atomic E-state index is -5.08. The first-order chi connectivity index (χ1) is 6.66. The van der Waals surface area contributed by atoms with Gasteiger partial charge in [0.1, 0.15) is 6.04 Å². The summed E-state index contributed by atoms with van der Waals surface area (Å²) in [5.74, 6) is -2.99. The van der Waals surface area contributed by atoms with E-state index >= 15 is 0 Å². The number of ether oxygens (including phenoxy) is 1. The normalized spacial score (nSPS) is 12.1. The summed E-state index contributed by atoms with van der Waals surface area (Å²) >= 11 is 0. The van der Waals surface area contributed by atoms with E-state index < -0.39 is 12.1 Å². The summed E-state index contributed by atoms with van der Waals surface area (Å²) in [6, 6.07) is -0.194. The molecule has 0 amide bonds. The van der Waals surface area contributed by atoms with E-state index in [1.54, 1.807) is 14.0 Å². The number of carbonyl (C=O) groups excluding carboxylic acids is 1. The van der Waals surface area contributed by atoms with Crippen LogP contribution in [0.1, 0.15) is 6.92 Å².